The van der Waals surface area contributed by atoms with Crippen molar-refractivity contribution in [1.29, 1.82) is 0 Å². The zero-order valence-electron chi connectivity index (χ0n) is 8.88. The first-order valence-corrected chi connectivity index (χ1v) is 5.04. The number of nitrogens with two attached hydrogens (primary N) is 1. The molecule has 88 valence electrons. The minimum atomic E-state index is -1.44. The molecule has 0 aromatic heterocycles. The molecule has 2 aromatic rings. The maximum atomic E-state index is 13.4. The third-order valence-electron chi connectivity index (χ3n) is 2.46. The fraction of sp³-hybridized carbons (Fsp3) is 0.0769. The van der Waals surface area contributed by atoms with Crippen LogP contribution in [0.5, 0.6) is 0 Å². The van der Waals surface area contributed by atoms with Crippen molar-refractivity contribution in [2.45, 2.75) is 6.42 Å². The van der Waals surface area contributed by atoms with Crippen molar-refractivity contribution < 1.29 is 13.2 Å². The fourth-order valence-electron chi connectivity index (χ4n) is 1.63. The van der Waals surface area contributed by atoms with Crippen LogP contribution in [0.3, 0.4) is 0 Å². The highest BCUT2D eigenvalue weighted by Gasteiger charge is 2.13. The Hall–Kier alpha value is -1.97. The van der Waals surface area contributed by atoms with E-state index >= 15 is 0 Å². The highest BCUT2D eigenvalue weighted by Crippen LogP contribution is 2.19. The van der Waals surface area contributed by atoms with Crippen LogP contribution in [0.25, 0.3) is 0 Å². The molecule has 0 unspecified atom stereocenters. The van der Waals surface area contributed by atoms with Crippen molar-refractivity contribution >= 4 is 5.69 Å². The van der Waals surface area contributed by atoms with Crippen molar-refractivity contribution in [2.24, 2.45) is 0 Å². The standard InChI is InChI=1S/C13H10F3N/c14-11-5-4-9(12(15)13(11)16)6-8-2-1-3-10(17)7-8/h1-5,7H,6,17H2. The highest BCUT2D eigenvalue weighted by atomic mass is 19.2. The van der Waals surface area contributed by atoms with Crippen LogP contribution in [-0.2, 0) is 6.42 Å². The van der Waals surface area contributed by atoms with E-state index in [9.17, 15) is 13.2 Å². The molecule has 2 N–H and O–H groups in total. The summed E-state index contributed by atoms with van der Waals surface area (Å²) in [5.74, 6) is -3.77. The molecular formula is C13H10F3N. The minimum Gasteiger partial charge on any atom is -0.399 e. The Morgan fingerprint density at radius 1 is 0.941 bits per heavy atom. The highest BCUT2D eigenvalue weighted by molar-refractivity contribution is 5.42. The molecule has 2 rings (SSSR count). The first kappa shape index (κ1) is 11.5. The van der Waals surface area contributed by atoms with Crippen LogP contribution in [0.1, 0.15) is 11.1 Å². The zero-order valence-corrected chi connectivity index (χ0v) is 8.88. The monoisotopic (exact) mass is 237 g/mol. The average molecular weight is 237 g/mol. The minimum absolute atomic E-state index is 0.106. The van der Waals surface area contributed by atoms with Gasteiger partial charge in [-0.05, 0) is 29.3 Å². The van der Waals surface area contributed by atoms with Gasteiger partial charge in [0.1, 0.15) is 0 Å². The van der Waals surface area contributed by atoms with E-state index in [4.69, 9.17) is 5.73 Å². The number of hydrogen-bond donors (Lipinski definition) is 1. The smallest absolute Gasteiger partial charge is 0.194 e. The van der Waals surface area contributed by atoms with Gasteiger partial charge in [0.15, 0.2) is 17.5 Å². The van der Waals surface area contributed by atoms with Crippen molar-refractivity contribution in [2.75, 3.05) is 5.73 Å². The van der Waals surface area contributed by atoms with E-state index in [-0.39, 0.29) is 12.0 Å². The summed E-state index contributed by atoms with van der Waals surface area (Å²) < 4.78 is 39.1. The lowest BCUT2D eigenvalue weighted by atomic mass is 10.0. The molecule has 0 radical (unpaired) electrons. The fourth-order valence-corrected chi connectivity index (χ4v) is 1.63. The van der Waals surface area contributed by atoms with E-state index in [1.807, 2.05) is 0 Å². The quantitative estimate of drug-likeness (QED) is 0.629. The Kier molecular flexibility index (Phi) is 3.04. The molecule has 17 heavy (non-hydrogen) atoms. The van der Waals surface area contributed by atoms with Crippen molar-refractivity contribution in [3.63, 3.8) is 0 Å². The average Bonchev–Trinajstić information content (AvgIpc) is 2.30. The molecule has 1 nitrogen and oxygen atoms in total. The molecule has 0 aliphatic heterocycles. The predicted molar refractivity (Wildman–Crippen MR) is 60.0 cm³/mol. The maximum Gasteiger partial charge on any atom is 0.194 e. The molecule has 0 bridgehead atoms. The van der Waals surface area contributed by atoms with Gasteiger partial charge in [0.25, 0.3) is 0 Å². The molecular weight excluding hydrogens is 227 g/mol. The summed E-state index contributed by atoms with van der Waals surface area (Å²) in [4.78, 5) is 0. The third kappa shape index (κ3) is 2.41. The lowest BCUT2D eigenvalue weighted by Gasteiger charge is -2.05. The van der Waals surface area contributed by atoms with Crippen LogP contribution in [0.2, 0.25) is 0 Å². The van der Waals surface area contributed by atoms with Gasteiger partial charge in [-0.1, -0.05) is 18.2 Å². The molecule has 0 saturated heterocycles. The van der Waals surface area contributed by atoms with Crippen LogP contribution in [0.15, 0.2) is 36.4 Å². The Bertz CT molecular complexity index is 552. The first-order chi connectivity index (χ1) is 8.08. The predicted octanol–water partition coefficient (Wildman–Crippen LogP) is 3.28. The summed E-state index contributed by atoms with van der Waals surface area (Å²) in [6.07, 6.45) is 0.175. The summed E-state index contributed by atoms with van der Waals surface area (Å²) in [6, 6.07) is 8.99. The molecule has 0 saturated carbocycles. The summed E-state index contributed by atoms with van der Waals surface area (Å²) in [5, 5.41) is 0. The van der Waals surface area contributed by atoms with Crippen LogP contribution < -0.4 is 5.73 Å². The topological polar surface area (TPSA) is 26.0 Å². The van der Waals surface area contributed by atoms with Crippen LogP contribution >= 0.6 is 0 Å². The van der Waals surface area contributed by atoms with Crippen molar-refractivity contribution in [3.8, 4) is 0 Å². The second-order valence-electron chi connectivity index (χ2n) is 3.76. The van der Waals surface area contributed by atoms with E-state index in [1.165, 1.54) is 6.07 Å². The van der Waals surface area contributed by atoms with Gasteiger partial charge in [-0.15, -0.1) is 0 Å². The van der Waals surface area contributed by atoms with Gasteiger partial charge in [0.05, 0.1) is 0 Å². The summed E-state index contributed by atoms with van der Waals surface area (Å²) in [6.45, 7) is 0. The second kappa shape index (κ2) is 4.49. The van der Waals surface area contributed by atoms with E-state index in [1.54, 1.807) is 24.3 Å². The van der Waals surface area contributed by atoms with Crippen LogP contribution in [0.4, 0.5) is 18.9 Å². The molecule has 0 aliphatic rings. The Morgan fingerprint density at radius 2 is 1.71 bits per heavy atom. The van der Waals surface area contributed by atoms with Gasteiger partial charge in [0, 0.05) is 12.1 Å². The second-order valence-corrected chi connectivity index (χ2v) is 3.76. The maximum absolute atomic E-state index is 13.4. The number of benzene rings is 2. The number of rotatable bonds is 2. The lowest BCUT2D eigenvalue weighted by Crippen LogP contribution is -1.99. The molecule has 0 atom stereocenters. The van der Waals surface area contributed by atoms with Gasteiger partial charge < -0.3 is 5.73 Å². The Balaban J connectivity index is 2.34. The van der Waals surface area contributed by atoms with Gasteiger partial charge >= 0.3 is 0 Å². The SMILES string of the molecule is Nc1cccc(Cc2ccc(F)c(F)c2F)c1. The summed E-state index contributed by atoms with van der Waals surface area (Å²) in [5.41, 5.74) is 6.97. The first-order valence-electron chi connectivity index (χ1n) is 5.04. The molecule has 4 heteroatoms. The Morgan fingerprint density at radius 3 is 2.41 bits per heavy atom. The summed E-state index contributed by atoms with van der Waals surface area (Å²) in [7, 11) is 0. The normalized spacial score (nSPS) is 10.5. The van der Waals surface area contributed by atoms with Gasteiger partial charge in [-0.3, -0.25) is 0 Å². The van der Waals surface area contributed by atoms with E-state index in [0.29, 0.717) is 5.69 Å². The molecule has 0 amide bonds. The van der Waals surface area contributed by atoms with Crippen molar-refractivity contribution in [1.82, 2.24) is 0 Å². The van der Waals surface area contributed by atoms with Gasteiger partial charge in [-0.2, -0.15) is 0 Å². The summed E-state index contributed by atoms with van der Waals surface area (Å²) >= 11 is 0. The molecule has 2 aromatic carbocycles. The van der Waals surface area contributed by atoms with E-state index in [0.717, 1.165) is 11.6 Å². The molecule has 0 spiro atoms. The molecule has 0 fully saturated rings. The van der Waals surface area contributed by atoms with Gasteiger partial charge in [-0.25, -0.2) is 13.2 Å². The molecule has 0 aliphatic carbocycles. The number of anilines is 1. The van der Waals surface area contributed by atoms with E-state index < -0.39 is 17.5 Å². The largest absolute Gasteiger partial charge is 0.399 e. The number of nitrogen functional groups attached to an aromatic ring is 1. The Labute approximate surface area is 96.7 Å². The zero-order chi connectivity index (χ0) is 12.4. The van der Waals surface area contributed by atoms with Crippen molar-refractivity contribution in [3.05, 3.63) is 65.0 Å². The van der Waals surface area contributed by atoms with Crippen LogP contribution in [0, 0.1) is 17.5 Å². The third-order valence-corrected chi connectivity index (χ3v) is 2.46. The lowest BCUT2D eigenvalue weighted by molar-refractivity contribution is 0.442. The number of hydrogen-bond acceptors (Lipinski definition) is 1. The van der Waals surface area contributed by atoms with Crippen LogP contribution in [-0.4, -0.2) is 0 Å². The molecule has 0 heterocycles. The number of halogens is 3. The van der Waals surface area contributed by atoms with Gasteiger partial charge in [0.2, 0.25) is 0 Å². The van der Waals surface area contributed by atoms with E-state index in [2.05, 4.69) is 0 Å².